The van der Waals surface area contributed by atoms with Gasteiger partial charge in [0, 0.05) is 29.2 Å². The Balaban J connectivity index is 1.60. The molecule has 5 nitrogen and oxygen atoms in total. The van der Waals surface area contributed by atoms with Gasteiger partial charge in [-0.25, -0.2) is 4.98 Å². The van der Waals surface area contributed by atoms with Crippen LogP contribution in [-0.4, -0.2) is 23.8 Å². The summed E-state index contributed by atoms with van der Waals surface area (Å²) >= 11 is 1.39. The van der Waals surface area contributed by atoms with Crippen LogP contribution < -0.4 is 10.2 Å². The van der Waals surface area contributed by atoms with Gasteiger partial charge in [-0.15, -0.1) is 11.3 Å². The number of carbonyl (C=O) groups excluding carboxylic acids is 2. The smallest absolute Gasteiger partial charge is 0.257 e. The van der Waals surface area contributed by atoms with Crippen molar-refractivity contribution in [2.24, 2.45) is 0 Å². The van der Waals surface area contributed by atoms with E-state index in [-0.39, 0.29) is 11.8 Å². The van der Waals surface area contributed by atoms with Crippen molar-refractivity contribution in [3.8, 4) is 11.3 Å². The molecule has 0 saturated heterocycles. The summed E-state index contributed by atoms with van der Waals surface area (Å²) in [7, 11) is 1.80. The van der Waals surface area contributed by atoms with Crippen LogP contribution in [0, 0.1) is 6.92 Å². The van der Waals surface area contributed by atoms with Crippen LogP contribution in [0.5, 0.6) is 0 Å². The maximum absolute atomic E-state index is 12.5. The molecule has 0 saturated carbocycles. The van der Waals surface area contributed by atoms with Crippen LogP contribution >= 0.6 is 11.3 Å². The number of hydrogen-bond acceptors (Lipinski definition) is 4. The maximum Gasteiger partial charge on any atom is 0.257 e. The van der Waals surface area contributed by atoms with Crippen molar-refractivity contribution < 1.29 is 9.59 Å². The molecule has 142 valence electrons. The normalized spacial score (nSPS) is 14.9. The highest BCUT2D eigenvalue weighted by Gasteiger charge is 2.42. The van der Waals surface area contributed by atoms with Crippen molar-refractivity contribution in [3.63, 3.8) is 0 Å². The van der Waals surface area contributed by atoms with Crippen molar-refractivity contribution in [2.75, 3.05) is 17.3 Å². The Kier molecular flexibility index (Phi) is 4.31. The van der Waals surface area contributed by atoms with Crippen LogP contribution in [0.15, 0.2) is 47.8 Å². The van der Waals surface area contributed by atoms with Crippen molar-refractivity contribution in [3.05, 3.63) is 64.5 Å². The first-order valence-electron chi connectivity index (χ1n) is 9.04. The molecule has 1 N–H and O–H groups in total. The topological polar surface area (TPSA) is 62.3 Å². The number of aryl methyl sites for hydroxylation is 1. The number of rotatable bonds is 3. The van der Waals surface area contributed by atoms with E-state index in [2.05, 4.69) is 10.3 Å². The molecule has 3 aromatic rings. The fourth-order valence-corrected chi connectivity index (χ4v) is 4.27. The van der Waals surface area contributed by atoms with Gasteiger partial charge in [-0.05, 0) is 50.6 Å². The third-order valence-electron chi connectivity index (χ3n) is 5.17. The largest absolute Gasteiger partial charge is 0.314 e. The van der Waals surface area contributed by atoms with Gasteiger partial charge in [0.2, 0.25) is 5.91 Å². The predicted molar refractivity (Wildman–Crippen MR) is 113 cm³/mol. The zero-order valence-electron chi connectivity index (χ0n) is 16.2. The molecule has 6 heteroatoms. The Morgan fingerprint density at radius 2 is 1.96 bits per heavy atom. The van der Waals surface area contributed by atoms with E-state index in [0.717, 1.165) is 28.1 Å². The Morgan fingerprint density at radius 3 is 2.71 bits per heavy atom. The van der Waals surface area contributed by atoms with Crippen molar-refractivity contribution >= 4 is 34.0 Å². The number of carbonyl (C=O) groups is 2. The molecule has 2 heterocycles. The molecule has 0 atom stereocenters. The standard InChI is InChI=1S/C22H21N3O2S/c1-13-6-5-7-15(10-13)19(26)24-21-23-17(12-28-21)14-8-9-18-16(11-14)22(2,3)20(27)25(18)4/h5-12H,1-4H3,(H,23,24,26). The number of likely N-dealkylation sites (N-methyl/N-ethyl adjacent to an activating group) is 1. The number of anilines is 2. The van der Waals surface area contributed by atoms with E-state index in [0.29, 0.717) is 10.7 Å². The molecule has 2 aromatic carbocycles. The lowest BCUT2D eigenvalue weighted by Gasteiger charge is -2.16. The summed E-state index contributed by atoms with van der Waals surface area (Å²) in [5.41, 5.74) is 4.73. The molecule has 0 radical (unpaired) electrons. The molecule has 28 heavy (non-hydrogen) atoms. The Labute approximate surface area is 168 Å². The predicted octanol–water partition coefficient (Wildman–Crippen LogP) is 4.62. The highest BCUT2D eigenvalue weighted by molar-refractivity contribution is 7.14. The number of nitrogens with zero attached hydrogens (tertiary/aromatic N) is 2. The maximum atomic E-state index is 12.5. The van der Waals surface area contributed by atoms with Crippen LogP contribution in [0.25, 0.3) is 11.3 Å². The highest BCUT2D eigenvalue weighted by Crippen LogP contribution is 2.42. The van der Waals surface area contributed by atoms with Crippen molar-refractivity contribution in [1.82, 2.24) is 4.98 Å². The van der Waals surface area contributed by atoms with E-state index in [1.807, 2.05) is 62.5 Å². The van der Waals surface area contributed by atoms with E-state index in [1.165, 1.54) is 11.3 Å². The van der Waals surface area contributed by atoms with Gasteiger partial charge in [-0.3, -0.25) is 14.9 Å². The number of nitrogens with one attached hydrogen (secondary N) is 1. The second kappa shape index (κ2) is 6.56. The third-order valence-corrected chi connectivity index (χ3v) is 5.93. The van der Waals surface area contributed by atoms with Gasteiger partial charge in [0.1, 0.15) is 0 Å². The second-order valence-electron chi connectivity index (χ2n) is 7.58. The van der Waals surface area contributed by atoms with Gasteiger partial charge in [0.05, 0.1) is 11.1 Å². The highest BCUT2D eigenvalue weighted by atomic mass is 32.1. The Hall–Kier alpha value is -2.99. The lowest BCUT2D eigenvalue weighted by molar-refractivity contribution is -0.121. The Bertz CT molecular complexity index is 1100. The first-order valence-corrected chi connectivity index (χ1v) is 9.92. The van der Waals surface area contributed by atoms with Gasteiger partial charge < -0.3 is 4.90 Å². The SMILES string of the molecule is Cc1cccc(C(=O)Nc2nc(-c3ccc4c(c3)C(C)(C)C(=O)N4C)cs2)c1. The second-order valence-corrected chi connectivity index (χ2v) is 8.44. The number of amides is 2. The molecule has 1 aromatic heterocycles. The summed E-state index contributed by atoms with van der Waals surface area (Å²) in [6.07, 6.45) is 0. The summed E-state index contributed by atoms with van der Waals surface area (Å²) in [6, 6.07) is 13.4. The fourth-order valence-electron chi connectivity index (χ4n) is 3.55. The zero-order valence-corrected chi connectivity index (χ0v) is 17.1. The number of aromatic nitrogens is 1. The summed E-state index contributed by atoms with van der Waals surface area (Å²) < 4.78 is 0. The summed E-state index contributed by atoms with van der Waals surface area (Å²) in [5, 5.41) is 5.33. The summed E-state index contributed by atoms with van der Waals surface area (Å²) in [5.74, 6) is -0.0871. The molecule has 1 aliphatic heterocycles. The van der Waals surface area contributed by atoms with Crippen molar-refractivity contribution in [2.45, 2.75) is 26.2 Å². The zero-order chi connectivity index (χ0) is 20.1. The Morgan fingerprint density at radius 1 is 1.18 bits per heavy atom. The van der Waals surface area contributed by atoms with Crippen LogP contribution in [-0.2, 0) is 10.2 Å². The lowest BCUT2D eigenvalue weighted by Crippen LogP contribution is -2.33. The number of thiazole rings is 1. The van der Waals surface area contributed by atoms with Gasteiger partial charge >= 0.3 is 0 Å². The molecular weight excluding hydrogens is 370 g/mol. The van der Waals surface area contributed by atoms with E-state index >= 15 is 0 Å². The van der Waals surface area contributed by atoms with E-state index in [9.17, 15) is 9.59 Å². The van der Waals surface area contributed by atoms with E-state index in [1.54, 1.807) is 18.0 Å². The molecule has 2 amide bonds. The molecular formula is C22H21N3O2S. The molecule has 0 fully saturated rings. The van der Waals surface area contributed by atoms with Crippen molar-refractivity contribution in [1.29, 1.82) is 0 Å². The molecule has 0 spiro atoms. The average Bonchev–Trinajstić information content (AvgIpc) is 3.20. The summed E-state index contributed by atoms with van der Waals surface area (Å²) in [4.78, 5) is 31.2. The van der Waals surface area contributed by atoms with Crippen LogP contribution in [0.3, 0.4) is 0 Å². The van der Waals surface area contributed by atoms with Gasteiger partial charge in [0.25, 0.3) is 5.91 Å². The number of hydrogen-bond donors (Lipinski definition) is 1. The first-order chi connectivity index (χ1) is 13.3. The van der Waals surface area contributed by atoms with E-state index < -0.39 is 5.41 Å². The minimum Gasteiger partial charge on any atom is -0.314 e. The number of fused-ring (bicyclic) bond motifs is 1. The third kappa shape index (κ3) is 2.99. The lowest BCUT2D eigenvalue weighted by atomic mass is 9.85. The molecule has 0 unspecified atom stereocenters. The number of benzene rings is 2. The van der Waals surface area contributed by atoms with Crippen LogP contribution in [0.1, 0.15) is 35.3 Å². The molecule has 1 aliphatic rings. The quantitative estimate of drug-likeness (QED) is 0.708. The minimum atomic E-state index is -0.557. The van der Waals surface area contributed by atoms with Crippen LogP contribution in [0.4, 0.5) is 10.8 Å². The molecule has 0 bridgehead atoms. The van der Waals surface area contributed by atoms with Gasteiger partial charge in [-0.2, -0.15) is 0 Å². The van der Waals surface area contributed by atoms with E-state index in [4.69, 9.17) is 0 Å². The minimum absolute atomic E-state index is 0.0871. The van der Waals surface area contributed by atoms with Gasteiger partial charge in [-0.1, -0.05) is 23.8 Å². The first kappa shape index (κ1) is 18.4. The monoisotopic (exact) mass is 391 g/mol. The molecule has 4 rings (SSSR count). The fraction of sp³-hybridized carbons (Fsp3) is 0.227. The van der Waals surface area contributed by atoms with Gasteiger partial charge in [0.15, 0.2) is 5.13 Å². The molecule has 0 aliphatic carbocycles. The van der Waals surface area contributed by atoms with Crippen LogP contribution in [0.2, 0.25) is 0 Å². The summed E-state index contributed by atoms with van der Waals surface area (Å²) in [6.45, 7) is 5.84. The average molecular weight is 391 g/mol.